The summed E-state index contributed by atoms with van der Waals surface area (Å²) in [6, 6.07) is 7.60. The van der Waals surface area contributed by atoms with Gasteiger partial charge in [0.1, 0.15) is 0 Å². The number of aromatic nitrogens is 2. The van der Waals surface area contributed by atoms with Gasteiger partial charge in [-0.2, -0.15) is 0 Å². The molecular weight excluding hydrogens is 326 g/mol. The van der Waals surface area contributed by atoms with Gasteiger partial charge in [-0.1, -0.05) is 23.7 Å². The molecule has 1 heterocycles. The highest BCUT2D eigenvalue weighted by atomic mass is 35.5. The van der Waals surface area contributed by atoms with Crippen LogP contribution in [0.15, 0.2) is 36.7 Å². The van der Waals surface area contributed by atoms with Gasteiger partial charge in [-0.05, 0) is 38.2 Å². The zero-order valence-corrected chi connectivity index (χ0v) is 14.7. The maximum Gasteiger partial charge on any atom is 0.254 e. The number of hydrogen-bond donors (Lipinski definition) is 2. The molecular formula is C17H22ClN5O. The van der Waals surface area contributed by atoms with Crippen molar-refractivity contribution in [1.82, 2.24) is 20.2 Å². The molecule has 0 unspecified atom stereocenters. The molecule has 1 aromatic heterocycles. The number of rotatable bonds is 8. The molecule has 0 atom stereocenters. The fraction of sp³-hybridized carbons (Fsp3) is 0.353. The topological polar surface area (TPSA) is 70.2 Å². The lowest BCUT2D eigenvalue weighted by Gasteiger charge is -2.10. The number of nitrogens with one attached hydrogen (secondary N) is 2. The summed E-state index contributed by atoms with van der Waals surface area (Å²) in [4.78, 5) is 22.4. The van der Waals surface area contributed by atoms with Gasteiger partial charge in [-0.3, -0.25) is 4.79 Å². The molecule has 2 aromatic rings. The maximum atomic E-state index is 12.1. The number of benzene rings is 1. The van der Waals surface area contributed by atoms with E-state index in [1.807, 2.05) is 38.4 Å². The summed E-state index contributed by atoms with van der Waals surface area (Å²) >= 11 is 5.94. The summed E-state index contributed by atoms with van der Waals surface area (Å²) in [6.07, 6.45) is 3.77. The number of anilines is 1. The zero-order chi connectivity index (χ0) is 17.4. The first-order valence-corrected chi connectivity index (χ1v) is 8.15. The second-order valence-electron chi connectivity index (χ2n) is 5.66. The third-order valence-electron chi connectivity index (χ3n) is 3.34. The van der Waals surface area contributed by atoms with Crippen molar-refractivity contribution in [3.8, 4) is 0 Å². The number of hydrogen-bond acceptors (Lipinski definition) is 5. The standard InChI is InChI=1S/C17H22ClN5O/c1-23(2)9-8-20-17-21-11-14(12-22-17)16(24)19-7-6-13-4-3-5-15(18)10-13/h3-5,10-12H,6-9H2,1-2H3,(H,19,24)(H,20,21,22). The molecule has 2 N–H and O–H groups in total. The van der Waals surface area contributed by atoms with Gasteiger partial charge < -0.3 is 15.5 Å². The number of carbonyl (C=O) groups excluding carboxylic acids is 1. The van der Waals surface area contributed by atoms with Crippen LogP contribution >= 0.6 is 11.6 Å². The fourth-order valence-corrected chi connectivity index (χ4v) is 2.26. The quantitative estimate of drug-likeness (QED) is 0.765. The highest BCUT2D eigenvalue weighted by Crippen LogP contribution is 2.10. The highest BCUT2D eigenvalue weighted by Gasteiger charge is 2.07. The van der Waals surface area contributed by atoms with E-state index in [1.54, 1.807) is 0 Å². The summed E-state index contributed by atoms with van der Waals surface area (Å²) < 4.78 is 0. The Labute approximate surface area is 147 Å². The minimum absolute atomic E-state index is 0.183. The van der Waals surface area contributed by atoms with Crippen molar-refractivity contribution >= 4 is 23.5 Å². The van der Waals surface area contributed by atoms with E-state index in [2.05, 4.69) is 25.5 Å². The molecule has 0 saturated heterocycles. The van der Waals surface area contributed by atoms with Crippen molar-refractivity contribution in [2.75, 3.05) is 39.0 Å². The van der Waals surface area contributed by atoms with Crippen molar-refractivity contribution in [3.63, 3.8) is 0 Å². The van der Waals surface area contributed by atoms with E-state index in [9.17, 15) is 4.79 Å². The normalized spacial score (nSPS) is 10.7. The Morgan fingerprint density at radius 3 is 2.62 bits per heavy atom. The molecule has 128 valence electrons. The molecule has 0 bridgehead atoms. The van der Waals surface area contributed by atoms with Crippen LogP contribution in [0.1, 0.15) is 15.9 Å². The Bertz CT molecular complexity index is 660. The molecule has 1 aromatic carbocycles. The van der Waals surface area contributed by atoms with E-state index >= 15 is 0 Å². The molecule has 0 fully saturated rings. The molecule has 2 rings (SSSR count). The molecule has 24 heavy (non-hydrogen) atoms. The SMILES string of the molecule is CN(C)CCNc1ncc(C(=O)NCCc2cccc(Cl)c2)cn1. The van der Waals surface area contributed by atoms with Crippen LogP contribution in [-0.2, 0) is 6.42 Å². The lowest BCUT2D eigenvalue weighted by atomic mass is 10.1. The van der Waals surface area contributed by atoms with Crippen molar-refractivity contribution < 1.29 is 4.79 Å². The third kappa shape index (κ3) is 6.14. The van der Waals surface area contributed by atoms with E-state index in [-0.39, 0.29) is 5.91 Å². The molecule has 1 amide bonds. The van der Waals surface area contributed by atoms with Crippen LogP contribution in [0.4, 0.5) is 5.95 Å². The number of nitrogens with zero attached hydrogens (tertiary/aromatic N) is 3. The molecule has 0 spiro atoms. The monoisotopic (exact) mass is 347 g/mol. The smallest absolute Gasteiger partial charge is 0.254 e. The first-order chi connectivity index (χ1) is 11.5. The Hall–Kier alpha value is -2.18. The summed E-state index contributed by atoms with van der Waals surface area (Å²) in [5, 5.41) is 6.66. The van der Waals surface area contributed by atoms with Gasteiger partial charge >= 0.3 is 0 Å². The van der Waals surface area contributed by atoms with Gasteiger partial charge in [0.2, 0.25) is 5.95 Å². The van der Waals surface area contributed by atoms with Crippen LogP contribution in [0.25, 0.3) is 0 Å². The Kier molecular flexibility index (Phi) is 6.96. The predicted octanol–water partition coefficient (Wildman–Crippen LogP) is 2.08. The summed E-state index contributed by atoms with van der Waals surface area (Å²) in [6.45, 7) is 2.16. The first kappa shape index (κ1) is 18.2. The average molecular weight is 348 g/mol. The predicted molar refractivity (Wildman–Crippen MR) is 96.6 cm³/mol. The van der Waals surface area contributed by atoms with Gasteiger partial charge in [0, 0.05) is 37.1 Å². The van der Waals surface area contributed by atoms with Gasteiger partial charge in [0.25, 0.3) is 5.91 Å². The molecule has 0 radical (unpaired) electrons. The summed E-state index contributed by atoms with van der Waals surface area (Å²) in [7, 11) is 4.00. The van der Waals surface area contributed by atoms with Gasteiger partial charge in [-0.25, -0.2) is 9.97 Å². The number of halogens is 1. The Morgan fingerprint density at radius 2 is 1.96 bits per heavy atom. The van der Waals surface area contributed by atoms with Gasteiger partial charge in [0.05, 0.1) is 5.56 Å². The molecule has 0 aliphatic rings. The van der Waals surface area contributed by atoms with Crippen LogP contribution in [0.5, 0.6) is 0 Å². The molecule has 0 aliphatic heterocycles. The van der Waals surface area contributed by atoms with Crippen molar-refractivity contribution in [2.24, 2.45) is 0 Å². The van der Waals surface area contributed by atoms with Crippen molar-refractivity contribution in [3.05, 3.63) is 52.8 Å². The second-order valence-corrected chi connectivity index (χ2v) is 6.10. The van der Waals surface area contributed by atoms with Crippen LogP contribution < -0.4 is 10.6 Å². The first-order valence-electron chi connectivity index (χ1n) is 7.78. The van der Waals surface area contributed by atoms with Crippen molar-refractivity contribution in [2.45, 2.75) is 6.42 Å². The molecule has 0 saturated carbocycles. The van der Waals surface area contributed by atoms with E-state index < -0.39 is 0 Å². The van der Waals surface area contributed by atoms with E-state index in [0.29, 0.717) is 23.1 Å². The summed E-state index contributed by atoms with van der Waals surface area (Å²) in [5.41, 5.74) is 1.53. The fourth-order valence-electron chi connectivity index (χ4n) is 2.04. The highest BCUT2D eigenvalue weighted by molar-refractivity contribution is 6.30. The largest absolute Gasteiger partial charge is 0.353 e. The minimum atomic E-state index is -0.183. The molecule has 0 aliphatic carbocycles. The minimum Gasteiger partial charge on any atom is -0.353 e. The lowest BCUT2D eigenvalue weighted by molar-refractivity contribution is 0.0953. The maximum absolute atomic E-state index is 12.1. The Morgan fingerprint density at radius 1 is 1.21 bits per heavy atom. The van der Waals surface area contributed by atoms with Crippen molar-refractivity contribution in [1.29, 1.82) is 0 Å². The van der Waals surface area contributed by atoms with Crippen LogP contribution in [0.3, 0.4) is 0 Å². The number of amides is 1. The van der Waals surface area contributed by atoms with E-state index in [0.717, 1.165) is 25.1 Å². The molecule has 7 heteroatoms. The van der Waals surface area contributed by atoms with E-state index in [1.165, 1.54) is 12.4 Å². The van der Waals surface area contributed by atoms with Gasteiger partial charge in [0.15, 0.2) is 0 Å². The van der Waals surface area contributed by atoms with Crippen LogP contribution in [0, 0.1) is 0 Å². The number of likely N-dealkylation sites (N-methyl/N-ethyl adjacent to an activating group) is 1. The molecule has 6 nitrogen and oxygen atoms in total. The zero-order valence-electron chi connectivity index (χ0n) is 13.9. The summed E-state index contributed by atoms with van der Waals surface area (Å²) in [5.74, 6) is 0.337. The van der Waals surface area contributed by atoms with Crippen LogP contribution in [-0.4, -0.2) is 54.5 Å². The van der Waals surface area contributed by atoms with Gasteiger partial charge in [-0.15, -0.1) is 0 Å². The second kappa shape index (κ2) is 9.20. The average Bonchev–Trinajstić information content (AvgIpc) is 2.55. The Balaban J connectivity index is 1.77. The van der Waals surface area contributed by atoms with E-state index in [4.69, 9.17) is 11.6 Å². The number of carbonyl (C=O) groups is 1. The lowest BCUT2D eigenvalue weighted by Crippen LogP contribution is -2.26. The van der Waals surface area contributed by atoms with Crippen LogP contribution in [0.2, 0.25) is 5.02 Å². The third-order valence-corrected chi connectivity index (χ3v) is 3.58.